The third-order valence-electron chi connectivity index (χ3n) is 2.03. The maximum absolute atomic E-state index is 5.99. The second-order valence-corrected chi connectivity index (χ2v) is 8.63. The molecule has 0 bridgehead atoms. The first-order valence-corrected chi connectivity index (χ1v) is 8.55. The molecule has 12 heavy (non-hydrogen) atoms. The summed E-state index contributed by atoms with van der Waals surface area (Å²) in [5, 5.41) is 0. The molecule has 0 aliphatic rings. The van der Waals surface area contributed by atoms with Crippen molar-refractivity contribution in [3.63, 3.8) is 0 Å². The molecular formula is C9H22OSSi. The van der Waals surface area contributed by atoms with Crippen LogP contribution in [0.2, 0.25) is 19.1 Å². The van der Waals surface area contributed by atoms with Crippen molar-refractivity contribution < 1.29 is 4.43 Å². The van der Waals surface area contributed by atoms with Gasteiger partial charge in [-0.05, 0) is 44.7 Å². The van der Waals surface area contributed by atoms with Gasteiger partial charge in [-0.2, -0.15) is 12.6 Å². The van der Waals surface area contributed by atoms with Crippen molar-refractivity contribution in [2.24, 2.45) is 0 Å². The zero-order valence-electron chi connectivity index (χ0n) is 8.76. The summed E-state index contributed by atoms with van der Waals surface area (Å²) >= 11 is 4.21. The van der Waals surface area contributed by atoms with Gasteiger partial charge in [0.1, 0.15) is 0 Å². The zero-order chi connectivity index (χ0) is 9.61. The van der Waals surface area contributed by atoms with Gasteiger partial charge in [-0.3, -0.25) is 0 Å². The van der Waals surface area contributed by atoms with Crippen molar-refractivity contribution in [2.75, 3.05) is 5.75 Å². The molecule has 0 rings (SSSR count). The largest absolute Gasteiger partial charge is 0.415 e. The van der Waals surface area contributed by atoms with Crippen LogP contribution in [0.15, 0.2) is 0 Å². The number of hydrogen-bond donors (Lipinski definition) is 1. The lowest BCUT2D eigenvalue weighted by Crippen LogP contribution is -2.34. The van der Waals surface area contributed by atoms with E-state index in [0.29, 0.717) is 6.10 Å². The fourth-order valence-corrected chi connectivity index (χ4v) is 4.05. The first-order valence-electron chi connectivity index (χ1n) is 4.80. The molecule has 0 spiro atoms. The lowest BCUT2D eigenvalue weighted by atomic mass is 10.3. The van der Waals surface area contributed by atoms with Crippen LogP contribution in [-0.2, 0) is 4.43 Å². The predicted octanol–water partition coefficient (Wildman–Crippen LogP) is 3.33. The number of thiol groups is 1. The van der Waals surface area contributed by atoms with Crippen LogP contribution in [0.4, 0.5) is 0 Å². The van der Waals surface area contributed by atoms with Gasteiger partial charge in [0.05, 0.1) is 0 Å². The Hall–Kier alpha value is 0.527. The Morgan fingerprint density at radius 2 is 2.00 bits per heavy atom. The molecule has 1 atom stereocenters. The minimum atomic E-state index is -1.36. The van der Waals surface area contributed by atoms with Crippen LogP contribution in [-0.4, -0.2) is 20.2 Å². The first-order chi connectivity index (χ1) is 5.52. The molecule has 1 unspecified atom stereocenters. The van der Waals surface area contributed by atoms with Gasteiger partial charge in [-0.1, -0.05) is 6.92 Å². The lowest BCUT2D eigenvalue weighted by molar-refractivity contribution is 0.206. The van der Waals surface area contributed by atoms with E-state index in [1.807, 2.05) is 0 Å². The molecule has 0 N–H and O–H groups in total. The Labute approximate surface area is 83.4 Å². The third kappa shape index (κ3) is 6.09. The molecule has 3 heteroatoms. The van der Waals surface area contributed by atoms with Crippen molar-refractivity contribution in [3.05, 3.63) is 0 Å². The van der Waals surface area contributed by atoms with Crippen LogP contribution < -0.4 is 0 Å². The van der Waals surface area contributed by atoms with E-state index < -0.39 is 8.32 Å². The molecule has 0 saturated carbocycles. The van der Waals surface area contributed by atoms with E-state index in [1.165, 1.54) is 12.5 Å². The van der Waals surface area contributed by atoms with Gasteiger partial charge in [0.25, 0.3) is 0 Å². The highest BCUT2D eigenvalue weighted by Gasteiger charge is 2.23. The predicted molar refractivity (Wildman–Crippen MR) is 61.6 cm³/mol. The molecular weight excluding hydrogens is 184 g/mol. The topological polar surface area (TPSA) is 9.23 Å². The highest BCUT2D eigenvalue weighted by molar-refractivity contribution is 7.80. The summed E-state index contributed by atoms with van der Waals surface area (Å²) in [5.74, 6) is 0.986. The molecule has 0 heterocycles. The standard InChI is InChI=1S/C9H22OSSi/c1-5-9(2)10-12(3,4)8-6-7-11/h9,11H,5-8H2,1-4H3. The molecule has 0 saturated heterocycles. The lowest BCUT2D eigenvalue weighted by Gasteiger charge is -2.26. The van der Waals surface area contributed by atoms with Crippen LogP contribution in [0.3, 0.4) is 0 Å². The van der Waals surface area contributed by atoms with Gasteiger partial charge in [-0.25, -0.2) is 0 Å². The van der Waals surface area contributed by atoms with Gasteiger partial charge in [0.15, 0.2) is 8.32 Å². The fraction of sp³-hybridized carbons (Fsp3) is 1.00. The van der Waals surface area contributed by atoms with Crippen LogP contribution in [0.5, 0.6) is 0 Å². The summed E-state index contributed by atoms with van der Waals surface area (Å²) in [6.07, 6.45) is 2.75. The fourth-order valence-electron chi connectivity index (χ4n) is 1.19. The minimum absolute atomic E-state index is 0.437. The molecule has 0 aromatic carbocycles. The molecule has 0 aliphatic carbocycles. The molecule has 0 aromatic rings. The van der Waals surface area contributed by atoms with E-state index in [0.717, 1.165) is 12.2 Å². The highest BCUT2D eigenvalue weighted by atomic mass is 32.1. The average molecular weight is 206 g/mol. The van der Waals surface area contributed by atoms with Crippen molar-refractivity contribution in [3.8, 4) is 0 Å². The van der Waals surface area contributed by atoms with Crippen molar-refractivity contribution in [2.45, 2.75) is 51.9 Å². The van der Waals surface area contributed by atoms with E-state index in [2.05, 4.69) is 39.6 Å². The second kappa shape index (κ2) is 6.05. The summed E-state index contributed by atoms with van der Waals surface area (Å²) < 4.78 is 5.99. The molecule has 0 aliphatic heterocycles. The molecule has 0 radical (unpaired) electrons. The Kier molecular flexibility index (Phi) is 6.32. The van der Waals surface area contributed by atoms with Crippen LogP contribution in [0.25, 0.3) is 0 Å². The molecule has 1 nitrogen and oxygen atoms in total. The summed E-state index contributed by atoms with van der Waals surface area (Å²) in [6.45, 7) is 8.92. The van der Waals surface area contributed by atoms with Crippen molar-refractivity contribution >= 4 is 20.9 Å². The Morgan fingerprint density at radius 3 is 2.42 bits per heavy atom. The van der Waals surface area contributed by atoms with E-state index in [-0.39, 0.29) is 0 Å². The third-order valence-corrected chi connectivity index (χ3v) is 4.95. The zero-order valence-corrected chi connectivity index (χ0v) is 10.7. The van der Waals surface area contributed by atoms with E-state index >= 15 is 0 Å². The monoisotopic (exact) mass is 206 g/mol. The van der Waals surface area contributed by atoms with Crippen LogP contribution in [0, 0.1) is 0 Å². The van der Waals surface area contributed by atoms with Crippen LogP contribution >= 0.6 is 12.6 Å². The van der Waals surface area contributed by atoms with Gasteiger partial charge >= 0.3 is 0 Å². The quantitative estimate of drug-likeness (QED) is 0.518. The normalized spacial score (nSPS) is 14.8. The average Bonchev–Trinajstić information content (AvgIpc) is 2.00. The van der Waals surface area contributed by atoms with Crippen LogP contribution in [0.1, 0.15) is 26.7 Å². The minimum Gasteiger partial charge on any atom is -0.415 e. The SMILES string of the molecule is CCC(C)O[Si](C)(C)CCCS. The summed E-state index contributed by atoms with van der Waals surface area (Å²) in [7, 11) is -1.36. The summed E-state index contributed by atoms with van der Waals surface area (Å²) in [5.41, 5.74) is 0. The molecule has 0 fully saturated rings. The Morgan fingerprint density at radius 1 is 1.42 bits per heavy atom. The van der Waals surface area contributed by atoms with Gasteiger partial charge in [-0.15, -0.1) is 0 Å². The smallest absolute Gasteiger partial charge is 0.187 e. The summed E-state index contributed by atoms with van der Waals surface area (Å²) in [6, 6.07) is 1.24. The maximum Gasteiger partial charge on any atom is 0.187 e. The van der Waals surface area contributed by atoms with E-state index in [1.54, 1.807) is 0 Å². The highest BCUT2D eigenvalue weighted by Crippen LogP contribution is 2.17. The maximum atomic E-state index is 5.99. The number of hydrogen-bond acceptors (Lipinski definition) is 2. The summed E-state index contributed by atoms with van der Waals surface area (Å²) in [4.78, 5) is 0. The molecule has 0 amide bonds. The van der Waals surface area contributed by atoms with E-state index in [4.69, 9.17) is 4.43 Å². The van der Waals surface area contributed by atoms with E-state index in [9.17, 15) is 0 Å². The van der Waals surface area contributed by atoms with Crippen molar-refractivity contribution in [1.29, 1.82) is 0 Å². The number of rotatable bonds is 6. The van der Waals surface area contributed by atoms with Crippen molar-refractivity contribution in [1.82, 2.24) is 0 Å². The second-order valence-electron chi connectivity index (χ2n) is 3.92. The molecule has 74 valence electrons. The van der Waals surface area contributed by atoms with Gasteiger partial charge in [0, 0.05) is 6.10 Å². The molecule has 0 aromatic heterocycles. The Bertz CT molecular complexity index is 117. The Balaban J connectivity index is 3.69. The first kappa shape index (κ1) is 12.5. The van der Waals surface area contributed by atoms with Gasteiger partial charge in [0.2, 0.25) is 0 Å². The van der Waals surface area contributed by atoms with Gasteiger partial charge < -0.3 is 4.43 Å².